The van der Waals surface area contributed by atoms with Gasteiger partial charge in [0, 0.05) is 29.2 Å². The third kappa shape index (κ3) is 3.98. The summed E-state index contributed by atoms with van der Waals surface area (Å²) in [4.78, 5) is 13.8. The summed E-state index contributed by atoms with van der Waals surface area (Å²) in [5.41, 5.74) is 2.42. The van der Waals surface area contributed by atoms with Crippen molar-refractivity contribution >= 4 is 49.7 Å². The summed E-state index contributed by atoms with van der Waals surface area (Å²) < 4.78 is 28.1. The molecule has 7 nitrogen and oxygen atoms in total. The third-order valence-electron chi connectivity index (χ3n) is 4.60. The highest BCUT2D eigenvalue weighted by Gasteiger charge is 2.26. The average molecular weight is 449 g/mol. The standard InChI is InChI=1S/C19H17ClN4O3S2/c1-2-17(25)24-10-9-13-11-15(7-8-16(13)24)29(26,27)23-19-22-21-18(28-19)12-3-5-14(20)6-4-12/h3-8,11H,2,9-10H2,1H3,(H,22,23). The van der Waals surface area contributed by atoms with Gasteiger partial charge in [0.15, 0.2) is 0 Å². The number of carbonyl (C=O) groups excluding carboxylic acids is 1. The van der Waals surface area contributed by atoms with Gasteiger partial charge in [-0.05, 0) is 42.3 Å². The number of sulfonamides is 1. The summed E-state index contributed by atoms with van der Waals surface area (Å²) >= 11 is 7.03. The first-order valence-electron chi connectivity index (χ1n) is 8.93. The SMILES string of the molecule is CCC(=O)N1CCc2cc(S(=O)(=O)Nc3nnc(-c4ccc(Cl)cc4)s3)ccc21. The number of nitrogens with one attached hydrogen (secondary N) is 1. The van der Waals surface area contributed by atoms with Crippen LogP contribution in [0.25, 0.3) is 10.6 Å². The highest BCUT2D eigenvalue weighted by atomic mass is 35.5. The molecule has 0 aliphatic carbocycles. The second kappa shape index (κ2) is 7.74. The Hall–Kier alpha value is -2.49. The van der Waals surface area contributed by atoms with E-state index in [0.29, 0.717) is 29.4 Å². The Balaban J connectivity index is 1.56. The second-order valence-electron chi connectivity index (χ2n) is 6.46. The summed E-state index contributed by atoms with van der Waals surface area (Å²) in [6.45, 7) is 2.38. The lowest BCUT2D eigenvalue weighted by molar-refractivity contribution is -0.118. The molecule has 0 bridgehead atoms. The number of carbonyl (C=O) groups is 1. The summed E-state index contributed by atoms with van der Waals surface area (Å²) in [5, 5.41) is 9.35. The lowest BCUT2D eigenvalue weighted by atomic mass is 10.2. The largest absolute Gasteiger partial charge is 0.312 e. The first kappa shape index (κ1) is 19.8. The molecule has 4 rings (SSSR count). The molecule has 0 spiro atoms. The van der Waals surface area contributed by atoms with Crippen molar-refractivity contribution in [3.63, 3.8) is 0 Å². The van der Waals surface area contributed by atoms with Gasteiger partial charge in [0.05, 0.1) is 4.90 Å². The van der Waals surface area contributed by atoms with Gasteiger partial charge in [-0.15, -0.1) is 10.2 Å². The van der Waals surface area contributed by atoms with E-state index in [4.69, 9.17) is 11.6 Å². The number of nitrogens with zero attached hydrogens (tertiary/aromatic N) is 3. The molecule has 3 aromatic rings. The van der Waals surface area contributed by atoms with E-state index in [2.05, 4.69) is 14.9 Å². The van der Waals surface area contributed by atoms with Crippen LogP contribution in [0.2, 0.25) is 5.02 Å². The van der Waals surface area contributed by atoms with Crippen molar-refractivity contribution in [2.45, 2.75) is 24.7 Å². The van der Waals surface area contributed by atoms with Crippen LogP contribution in [0.4, 0.5) is 10.8 Å². The van der Waals surface area contributed by atoms with Gasteiger partial charge in [0.1, 0.15) is 5.01 Å². The number of anilines is 2. The van der Waals surface area contributed by atoms with Crippen LogP contribution in [-0.2, 0) is 21.2 Å². The smallest absolute Gasteiger partial charge is 0.263 e. The molecule has 1 N–H and O–H groups in total. The minimum Gasteiger partial charge on any atom is -0.312 e. The molecule has 0 fully saturated rings. The summed E-state index contributed by atoms with van der Waals surface area (Å²) in [7, 11) is -3.82. The molecular weight excluding hydrogens is 432 g/mol. The van der Waals surface area contributed by atoms with Gasteiger partial charge in [0.25, 0.3) is 10.0 Å². The maximum absolute atomic E-state index is 12.8. The number of rotatable bonds is 5. The minimum absolute atomic E-state index is 0.0288. The third-order valence-corrected chi connectivity index (χ3v) is 7.20. The van der Waals surface area contributed by atoms with Gasteiger partial charge in [-0.25, -0.2) is 8.42 Å². The van der Waals surface area contributed by atoms with Crippen LogP contribution < -0.4 is 9.62 Å². The van der Waals surface area contributed by atoms with Gasteiger partial charge in [-0.2, -0.15) is 0 Å². The first-order valence-corrected chi connectivity index (χ1v) is 11.6. The summed E-state index contributed by atoms with van der Waals surface area (Å²) in [6.07, 6.45) is 1.04. The molecule has 10 heteroatoms. The van der Waals surface area contributed by atoms with E-state index in [1.54, 1.807) is 41.3 Å². The highest BCUT2D eigenvalue weighted by molar-refractivity contribution is 7.93. The lowest BCUT2D eigenvalue weighted by Gasteiger charge is -2.16. The average Bonchev–Trinajstić information content (AvgIpc) is 3.34. The van der Waals surface area contributed by atoms with Crippen molar-refractivity contribution in [3.8, 4) is 10.6 Å². The summed E-state index contributed by atoms with van der Waals surface area (Å²) in [5.74, 6) is 0.0288. The molecule has 1 aliphatic rings. The zero-order valence-electron chi connectivity index (χ0n) is 15.4. The molecule has 0 unspecified atom stereocenters. The Morgan fingerprint density at radius 1 is 1.21 bits per heavy atom. The van der Waals surface area contributed by atoms with Crippen molar-refractivity contribution in [1.82, 2.24) is 10.2 Å². The van der Waals surface area contributed by atoms with E-state index in [0.717, 1.165) is 28.2 Å². The first-order chi connectivity index (χ1) is 13.9. The van der Waals surface area contributed by atoms with E-state index in [1.165, 1.54) is 6.07 Å². The van der Waals surface area contributed by atoms with Crippen LogP contribution in [0.15, 0.2) is 47.4 Å². The molecule has 0 radical (unpaired) electrons. The predicted molar refractivity (Wildman–Crippen MR) is 114 cm³/mol. The molecule has 1 aliphatic heterocycles. The lowest BCUT2D eigenvalue weighted by Crippen LogP contribution is -2.27. The van der Waals surface area contributed by atoms with Crippen molar-refractivity contribution in [2.24, 2.45) is 0 Å². The number of hydrogen-bond acceptors (Lipinski definition) is 6. The quantitative estimate of drug-likeness (QED) is 0.637. The van der Waals surface area contributed by atoms with Crippen molar-refractivity contribution in [1.29, 1.82) is 0 Å². The maximum atomic E-state index is 12.8. The molecular formula is C19H17ClN4O3S2. The molecule has 150 valence electrons. The second-order valence-corrected chi connectivity index (χ2v) is 9.56. The van der Waals surface area contributed by atoms with E-state index in [-0.39, 0.29) is 15.9 Å². The molecule has 0 atom stereocenters. The number of halogens is 1. The minimum atomic E-state index is -3.82. The molecule has 1 aromatic heterocycles. The predicted octanol–water partition coefficient (Wildman–Crippen LogP) is 3.96. The van der Waals surface area contributed by atoms with E-state index in [9.17, 15) is 13.2 Å². The van der Waals surface area contributed by atoms with Gasteiger partial charge >= 0.3 is 0 Å². The normalized spacial score (nSPS) is 13.4. The van der Waals surface area contributed by atoms with E-state index >= 15 is 0 Å². The molecule has 1 amide bonds. The van der Waals surface area contributed by atoms with Gasteiger partial charge in [-0.1, -0.05) is 42.0 Å². The van der Waals surface area contributed by atoms with E-state index < -0.39 is 10.0 Å². The molecule has 0 saturated carbocycles. The fourth-order valence-electron chi connectivity index (χ4n) is 3.14. The summed E-state index contributed by atoms with van der Waals surface area (Å²) in [6, 6.07) is 11.9. The van der Waals surface area contributed by atoms with Crippen LogP contribution in [-0.4, -0.2) is 31.1 Å². The fraction of sp³-hybridized carbons (Fsp3) is 0.211. The van der Waals surface area contributed by atoms with Gasteiger partial charge in [-0.3, -0.25) is 9.52 Å². The Morgan fingerprint density at radius 2 is 1.97 bits per heavy atom. The molecule has 29 heavy (non-hydrogen) atoms. The Labute approximate surface area is 177 Å². The van der Waals surface area contributed by atoms with Crippen LogP contribution in [0.3, 0.4) is 0 Å². The Kier molecular flexibility index (Phi) is 5.28. The Morgan fingerprint density at radius 3 is 2.69 bits per heavy atom. The van der Waals surface area contributed by atoms with Crippen molar-refractivity contribution in [2.75, 3.05) is 16.2 Å². The van der Waals surface area contributed by atoms with Crippen LogP contribution in [0, 0.1) is 0 Å². The van der Waals surface area contributed by atoms with Crippen LogP contribution in [0.1, 0.15) is 18.9 Å². The van der Waals surface area contributed by atoms with Crippen LogP contribution >= 0.6 is 22.9 Å². The number of hydrogen-bond donors (Lipinski definition) is 1. The molecule has 2 heterocycles. The van der Waals surface area contributed by atoms with E-state index in [1.807, 2.05) is 6.92 Å². The van der Waals surface area contributed by atoms with Gasteiger partial charge < -0.3 is 4.90 Å². The highest BCUT2D eigenvalue weighted by Crippen LogP contribution is 2.32. The Bertz CT molecular complexity index is 1180. The monoisotopic (exact) mass is 448 g/mol. The number of fused-ring (bicyclic) bond motifs is 1. The van der Waals surface area contributed by atoms with Crippen molar-refractivity contribution in [3.05, 3.63) is 53.1 Å². The maximum Gasteiger partial charge on any atom is 0.263 e. The van der Waals surface area contributed by atoms with Gasteiger partial charge in [0.2, 0.25) is 11.0 Å². The molecule has 2 aromatic carbocycles. The molecule has 0 saturated heterocycles. The number of amides is 1. The topological polar surface area (TPSA) is 92.3 Å². The zero-order valence-corrected chi connectivity index (χ0v) is 17.8. The number of benzene rings is 2. The zero-order chi connectivity index (χ0) is 20.6. The van der Waals surface area contributed by atoms with Crippen molar-refractivity contribution < 1.29 is 13.2 Å². The van der Waals surface area contributed by atoms with Crippen LogP contribution in [0.5, 0.6) is 0 Å². The fourth-order valence-corrected chi connectivity index (χ4v) is 5.30. The number of aromatic nitrogens is 2.